The third kappa shape index (κ3) is 2.00. The van der Waals surface area contributed by atoms with Gasteiger partial charge in [0.05, 0.1) is 0 Å². The van der Waals surface area contributed by atoms with Crippen LogP contribution < -0.4 is 4.72 Å². The predicted molar refractivity (Wildman–Crippen MR) is 73.4 cm³/mol. The molecular formula is C12H10N2O2S2. The smallest absolute Gasteiger partial charge is 0.271 e. The molecule has 0 spiro atoms. The van der Waals surface area contributed by atoms with Gasteiger partial charge in [-0.25, -0.2) is 8.42 Å². The molecule has 0 bridgehead atoms. The first-order valence-corrected chi connectivity index (χ1v) is 7.65. The predicted octanol–water partition coefficient (Wildman–Crippen LogP) is 3.03. The lowest BCUT2D eigenvalue weighted by Gasteiger charge is -2.06. The first kappa shape index (κ1) is 11.3. The van der Waals surface area contributed by atoms with Crippen molar-refractivity contribution in [1.29, 1.82) is 0 Å². The van der Waals surface area contributed by atoms with Gasteiger partial charge in [-0.1, -0.05) is 6.07 Å². The van der Waals surface area contributed by atoms with Crippen LogP contribution in [0.2, 0.25) is 0 Å². The summed E-state index contributed by atoms with van der Waals surface area (Å²) < 4.78 is 26.9. The van der Waals surface area contributed by atoms with E-state index in [0.717, 1.165) is 10.9 Å². The summed E-state index contributed by atoms with van der Waals surface area (Å²) in [6.45, 7) is 0. The molecule has 0 amide bonds. The molecule has 0 saturated heterocycles. The van der Waals surface area contributed by atoms with Crippen molar-refractivity contribution in [3.63, 3.8) is 0 Å². The number of anilines is 1. The van der Waals surface area contributed by atoms with E-state index in [-0.39, 0.29) is 0 Å². The van der Waals surface area contributed by atoms with Crippen molar-refractivity contribution in [2.45, 2.75) is 4.21 Å². The van der Waals surface area contributed by atoms with Gasteiger partial charge in [0.25, 0.3) is 10.0 Å². The van der Waals surface area contributed by atoms with Gasteiger partial charge in [0.2, 0.25) is 0 Å². The lowest BCUT2D eigenvalue weighted by molar-refractivity contribution is 0.603. The van der Waals surface area contributed by atoms with Crippen molar-refractivity contribution in [2.24, 2.45) is 0 Å². The van der Waals surface area contributed by atoms with Crippen LogP contribution in [-0.2, 0) is 10.0 Å². The third-order valence-corrected chi connectivity index (χ3v) is 5.34. The molecule has 1 aromatic carbocycles. The standard InChI is InChI=1S/C12H10N2O2S2/c15-18(16,12-2-1-7-17-12)14-10-3-4-11-9(8-10)5-6-13-11/h1-8,13-14H. The molecule has 3 rings (SSSR count). The molecule has 0 atom stereocenters. The summed E-state index contributed by atoms with van der Waals surface area (Å²) in [5, 5.41) is 2.71. The summed E-state index contributed by atoms with van der Waals surface area (Å²) in [5.41, 5.74) is 1.55. The van der Waals surface area contributed by atoms with Crippen molar-refractivity contribution >= 4 is 38.0 Å². The summed E-state index contributed by atoms with van der Waals surface area (Å²) in [4.78, 5) is 3.06. The van der Waals surface area contributed by atoms with Crippen LogP contribution in [0, 0.1) is 0 Å². The number of fused-ring (bicyclic) bond motifs is 1. The molecule has 0 aliphatic carbocycles. The Labute approximate surface area is 108 Å². The Balaban J connectivity index is 1.97. The number of rotatable bonds is 3. The van der Waals surface area contributed by atoms with E-state index < -0.39 is 10.0 Å². The quantitative estimate of drug-likeness (QED) is 0.773. The Morgan fingerprint density at radius 1 is 1.17 bits per heavy atom. The average molecular weight is 278 g/mol. The number of thiophene rings is 1. The van der Waals surface area contributed by atoms with Gasteiger partial charge < -0.3 is 4.98 Å². The summed E-state index contributed by atoms with van der Waals surface area (Å²) in [6.07, 6.45) is 1.82. The zero-order valence-electron chi connectivity index (χ0n) is 9.25. The second-order valence-corrected chi connectivity index (χ2v) is 6.67. The second kappa shape index (κ2) is 4.15. The molecule has 2 aromatic heterocycles. The van der Waals surface area contributed by atoms with E-state index in [9.17, 15) is 8.42 Å². The van der Waals surface area contributed by atoms with Crippen molar-refractivity contribution < 1.29 is 8.42 Å². The fourth-order valence-corrected chi connectivity index (χ4v) is 3.78. The number of hydrogen-bond acceptors (Lipinski definition) is 3. The Hall–Kier alpha value is -1.79. The van der Waals surface area contributed by atoms with E-state index in [0.29, 0.717) is 9.90 Å². The molecule has 0 unspecified atom stereocenters. The molecular weight excluding hydrogens is 268 g/mol. The zero-order chi connectivity index (χ0) is 12.6. The molecule has 0 saturated carbocycles. The number of nitrogens with one attached hydrogen (secondary N) is 2. The first-order chi connectivity index (χ1) is 8.65. The minimum absolute atomic E-state index is 0.316. The first-order valence-electron chi connectivity index (χ1n) is 5.29. The molecule has 3 aromatic rings. The highest BCUT2D eigenvalue weighted by Crippen LogP contribution is 2.23. The number of H-pyrrole nitrogens is 1. The molecule has 2 N–H and O–H groups in total. The SMILES string of the molecule is O=S(=O)(Nc1ccc2[nH]ccc2c1)c1cccs1. The highest BCUT2D eigenvalue weighted by molar-refractivity contribution is 7.94. The van der Waals surface area contributed by atoms with Crippen LogP contribution >= 0.6 is 11.3 Å². The van der Waals surface area contributed by atoms with Crippen LogP contribution in [0.3, 0.4) is 0 Å². The summed E-state index contributed by atoms with van der Waals surface area (Å²) in [5.74, 6) is 0. The molecule has 6 heteroatoms. The van der Waals surface area contributed by atoms with Crippen LogP contribution in [0.5, 0.6) is 0 Å². The lowest BCUT2D eigenvalue weighted by atomic mass is 10.2. The molecule has 0 aliphatic heterocycles. The summed E-state index contributed by atoms with van der Waals surface area (Å²) in [7, 11) is -3.46. The van der Waals surface area contributed by atoms with Gasteiger partial charge in [0, 0.05) is 22.8 Å². The highest BCUT2D eigenvalue weighted by atomic mass is 32.2. The summed E-state index contributed by atoms with van der Waals surface area (Å²) >= 11 is 1.20. The molecule has 92 valence electrons. The van der Waals surface area contributed by atoms with E-state index >= 15 is 0 Å². The van der Waals surface area contributed by atoms with Gasteiger partial charge in [0.1, 0.15) is 4.21 Å². The van der Waals surface area contributed by atoms with E-state index in [1.165, 1.54) is 11.3 Å². The minimum Gasteiger partial charge on any atom is -0.361 e. The van der Waals surface area contributed by atoms with E-state index in [1.54, 1.807) is 29.6 Å². The van der Waals surface area contributed by atoms with Gasteiger partial charge in [0.15, 0.2) is 0 Å². The average Bonchev–Trinajstić information content (AvgIpc) is 2.99. The number of hydrogen-bond donors (Lipinski definition) is 2. The maximum absolute atomic E-state index is 12.0. The van der Waals surface area contributed by atoms with Crippen LogP contribution in [0.15, 0.2) is 52.2 Å². The van der Waals surface area contributed by atoms with Gasteiger partial charge in [-0.15, -0.1) is 11.3 Å². The van der Waals surface area contributed by atoms with Crippen LogP contribution in [0.25, 0.3) is 10.9 Å². The van der Waals surface area contributed by atoms with Crippen LogP contribution in [0.4, 0.5) is 5.69 Å². The van der Waals surface area contributed by atoms with Crippen molar-refractivity contribution in [1.82, 2.24) is 4.98 Å². The molecule has 0 aliphatic rings. The molecule has 4 nitrogen and oxygen atoms in total. The van der Waals surface area contributed by atoms with Gasteiger partial charge in [-0.05, 0) is 35.7 Å². The van der Waals surface area contributed by atoms with Gasteiger partial charge in [-0.2, -0.15) is 0 Å². The van der Waals surface area contributed by atoms with E-state index in [4.69, 9.17) is 0 Å². The maximum atomic E-state index is 12.0. The van der Waals surface area contributed by atoms with E-state index in [1.807, 2.05) is 18.3 Å². The highest BCUT2D eigenvalue weighted by Gasteiger charge is 2.15. The molecule has 2 heterocycles. The van der Waals surface area contributed by atoms with E-state index in [2.05, 4.69) is 9.71 Å². The Morgan fingerprint density at radius 3 is 2.83 bits per heavy atom. The normalized spacial score (nSPS) is 11.8. The Morgan fingerprint density at radius 2 is 2.06 bits per heavy atom. The maximum Gasteiger partial charge on any atom is 0.271 e. The topological polar surface area (TPSA) is 62.0 Å². The molecule has 18 heavy (non-hydrogen) atoms. The number of benzene rings is 1. The van der Waals surface area contributed by atoms with Gasteiger partial charge in [-0.3, -0.25) is 4.72 Å². The van der Waals surface area contributed by atoms with Crippen LogP contribution in [0.1, 0.15) is 0 Å². The Kier molecular flexibility index (Phi) is 2.61. The van der Waals surface area contributed by atoms with Crippen LogP contribution in [-0.4, -0.2) is 13.4 Å². The number of sulfonamides is 1. The minimum atomic E-state index is -3.46. The fraction of sp³-hybridized carbons (Fsp3) is 0. The summed E-state index contributed by atoms with van der Waals surface area (Å²) in [6, 6.07) is 10.6. The van der Waals surface area contributed by atoms with Crippen molar-refractivity contribution in [3.05, 3.63) is 48.0 Å². The lowest BCUT2D eigenvalue weighted by Crippen LogP contribution is -2.11. The Bertz CT molecular complexity index is 773. The monoisotopic (exact) mass is 278 g/mol. The largest absolute Gasteiger partial charge is 0.361 e. The molecule has 0 fully saturated rings. The fourth-order valence-electron chi connectivity index (χ4n) is 1.74. The van der Waals surface area contributed by atoms with Crippen molar-refractivity contribution in [3.8, 4) is 0 Å². The third-order valence-electron chi connectivity index (χ3n) is 2.57. The molecule has 0 radical (unpaired) electrons. The zero-order valence-corrected chi connectivity index (χ0v) is 10.9. The number of aromatic amines is 1. The van der Waals surface area contributed by atoms with Gasteiger partial charge >= 0.3 is 0 Å². The van der Waals surface area contributed by atoms with Crippen molar-refractivity contribution in [2.75, 3.05) is 4.72 Å². The number of aromatic nitrogens is 1. The second-order valence-electron chi connectivity index (χ2n) is 3.82.